The molecule has 0 fully saturated rings. The van der Waals surface area contributed by atoms with E-state index in [0.29, 0.717) is 34.0 Å². The Bertz CT molecular complexity index is 949. The second-order valence-corrected chi connectivity index (χ2v) is 7.17. The van der Waals surface area contributed by atoms with Crippen molar-refractivity contribution in [2.75, 3.05) is 6.61 Å². The molecule has 144 valence electrons. The van der Waals surface area contributed by atoms with Gasteiger partial charge in [0.05, 0.1) is 22.3 Å². The molecule has 0 atom stereocenters. The first kappa shape index (κ1) is 20.5. The highest BCUT2D eigenvalue weighted by atomic mass is 35.5. The van der Waals surface area contributed by atoms with Gasteiger partial charge in [-0.2, -0.15) is 0 Å². The number of rotatable bonds is 7. The number of hydrogen-bond acceptors (Lipinski definition) is 3. The third kappa shape index (κ3) is 5.65. The molecule has 3 nitrogen and oxygen atoms in total. The molecule has 0 aliphatic rings. The summed E-state index contributed by atoms with van der Waals surface area (Å²) >= 11 is 18.7. The summed E-state index contributed by atoms with van der Waals surface area (Å²) in [6, 6.07) is 18.5. The second kappa shape index (κ2) is 9.83. The molecule has 0 aliphatic carbocycles. The lowest BCUT2D eigenvalue weighted by Crippen LogP contribution is -1.97. The maximum Gasteiger partial charge on any atom is 0.157 e. The van der Waals surface area contributed by atoms with Gasteiger partial charge in [0.25, 0.3) is 0 Å². The molecule has 0 N–H and O–H groups in total. The van der Waals surface area contributed by atoms with E-state index in [9.17, 15) is 0 Å². The standard InChI is InChI=1S/C22H18Cl3NO2/c1-2-27-19-8-6-18(7-9-19)26-13-16-11-20(24)22(21(25)12-16)28-14-15-4-3-5-17(23)10-15/h3-13H,2,14H2,1H3. The van der Waals surface area contributed by atoms with Crippen molar-refractivity contribution in [3.05, 3.63) is 86.9 Å². The molecular weight excluding hydrogens is 417 g/mol. The lowest BCUT2D eigenvalue weighted by molar-refractivity contribution is 0.306. The molecule has 0 spiro atoms. The van der Waals surface area contributed by atoms with E-state index in [0.717, 1.165) is 22.6 Å². The average molecular weight is 435 g/mol. The van der Waals surface area contributed by atoms with Crippen molar-refractivity contribution < 1.29 is 9.47 Å². The van der Waals surface area contributed by atoms with Crippen molar-refractivity contribution in [1.82, 2.24) is 0 Å². The Hall–Kier alpha value is -2.20. The van der Waals surface area contributed by atoms with Crippen molar-refractivity contribution in [2.24, 2.45) is 4.99 Å². The minimum Gasteiger partial charge on any atom is -0.494 e. The van der Waals surface area contributed by atoms with Crippen molar-refractivity contribution in [3.63, 3.8) is 0 Å². The smallest absolute Gasteiger partial charge is 0.157 e. The zero-order chi connectivity index (χ0) is 19.9. The normalized spacial score (nSPS) is 11.0. The van der Waals surface area contributed by atoms with Gasteiger partial charge in [-0.1, -0.05) is 46.9 Å². The number of hydrogen-bond donors (Lipinski definition) is 0. The molecule has 3 aromatic carbocycles. The summed E-state index contributed by atoms with van der Waals surface area (Å²) in [5, 5.41) is 1.49. The zero-order valence-corrected chi connectivity index (χ0v) is 17.4. The third-order valence-corrected chi connectivity index (χ3v) is 4.60. The molecule has 0 aliphatic heterocycles. The molecule has 0 radical (unpaired) electrons. The molecule has 0 amide bonds. The molecular formula is C22H18Cl3NO2. The van der Waals surface area contributed by atoms with E-state index < -0.39 is 0 Å². The quantitative estimate of drug-likeness (QED) is 0.363. The Labute approximate surface area is 179 Å². The van der Waals surface area contributed by atoms with Crippen LogP contribution in [-0.2, 0) is 6.61 Å². The number of nitrogens with zero attached hydrogens (tertiary/aromatic N) is 1. The van der Waals surface area contributed by atoms with Crippen LogP contribution < -0.4 is 9.47 Å². The SMILES string of the molecule is CCOc1ccc(N=Cc2cc(Cl)c(OCc3cccc(Cl)c3)c(Cl)c2)cc1. The zero-order valence-electron chi connectivity index (χ0n) is 15.2. The first-order valence-corrected chi connectivity index (χ1v) is 9.82. The summed E-state index contributed by atoms with van der Waals surface area (Å²) in [4.78, 5) is 4.44. The maximum atomic E-state index is 6.36. The molecule has 0 saturated heterocycles. The van der Waals surface area contributed by atoms with Gasteiger partial charge in [0.2, 0.25) is 0 Å². The highest BCUT2D eigenvalue weighted by Crippen LogP contribution is 2.34. The Morgan fingerprint density at radius 1 is 0.893 bits per heavy atom. The van der Waals surface area contributed by atoms with Crippen molar-refractivity contribution in [2.45, 2.75) is 13.5 Å². The highest BCUT2D eigenvalue weighted by Gasteiger charge is 2.10. The van der Waals surface area contributed by atoms with E-state index in [1.165, 1.54) is 0 Å². The predicted octanol–water partition coefficient (Wildman–Crippen LogP) is 7.38. The van der Waals surface area contributed by atoms with Gasteiger partial charge >= 0.3 is 0 Å². The molecule has 0 saturated carbocycles. The van der Waals surface area contributed by atoms with Gasteiger partial charge in [-0.05, 0) is 66.6 Å². The summed E-state index contributed by atoms with van der Waals surface area (Å²) in [6.45, 7) is 2.90. The van der Waals surface area contributed by atoms with Gasteiger partial charge in [-0.15, -0.1) is 0 Å². The number of benzene rings is 3. The molecule has 28 heavy (non-hydrogen) atoms. The molecule has 0 bridgehead atoms. The Morgan fingerprint density at radius 2 is 1.61 bits per heavy atom. The van der Waals surface area contributed by atoms with Crippen molar-refractivity contribution in [3.8, 4) is 11.5 Å². The average Bonchev–Trinajstić information content (AvgIpc) is 2.67. The van der Waals surface area contributed by atoms with Crippen LogP contribution in [0.5, 0.6) is 11.5 Å². The monoisotopic (exact) mass is 433 g/mol. The Kier molecular flexibility index (Phi) is 7.21. The van der Waals surface area contributed by atoms with E-state index >= 15 is 0 Å². The summed E-state index contributed by atoms with van der Waals surface area (Å²) < 4.78 is 11.2. The molecule has 3 rings (SSSR count). The first-order valence-electron chi connectivity index (χ1n) is 8.68. The van der Waals surface area contributed by atoms with E-state index in [4.69, 9.17) is 44.3 Å². The van der Waals surface area contributed by atoms with Gasteiger partial charge in [0.15, 0.2) is 5.75 Å². The van der Waals surface area contributed by atoms with Crippen LogP contribution in [-0.4, -0.2) is 12.8 Å². The van der Waals surface area contributed by atoms with Gasteiger partial charge < -0.3 is 9.47 Å². The van der Waals surface area contributed by atoms with Gasteiger partial charge in [-0.3, -0.25) is 4.99 Å². The summed E-state index contributed by atoms with van der Waals surface area (Å²) in [6.07, 6.45) is 1.70. The maximum absolute atomic E-state index is 6.36. The largest absolute Gasteiger partial charge is 0.494 e. The van der Waals surface area contributed by atoms with Crippen LogP contribution in [0.15, 0.2) is 65.7 Å². The number of ether oxygens (including phenoxy) is 2. The molecule has 0 aromatic heterocycles. The van der Waals surface area contributed by atoms with Crippen LogP contribution in [0.1, 0.15) is 18.1 Å². The fraction of sp³-hybridized carbons (Fsp3) is 0.136. The minimum absolute atomic E-state index is 0.319. The van der Waals surface area contributed by atoms with E-state index in [1.54, 1.807) is 18.3 Å². The summed E-state index contributed by atoms with van der Waals surface area (Å²) in [5.74, 6) is 1.25. The van der Waals surface area contributed by atoms with Gasteiger partial charge in [-0.25, -0.2) is 0 Å². The number of halogens is 3. The van der Waals surface area contributed by atoms with Crippen molar-refractivity contribution >= 4 is 46.7 Å². The first-order chi connectivity index (χ1) is 13.5. The van der Waals surface area contributed by atoms with Crippen LogP contribution in [0.25, 0.3) is 0 Å². The molecule has 3 aromatic rings. The van der Waals surface area contributed by atoms with Crippen LogP contribution in [0.3, 0.4) is 0 Å². The van der Waals surface area contributed by atoms with Gasteiger partial charge in [0.1, 0.15) is 12.4 Å². The fourth-order valence-electron chi connectivity index (χ4n) is 2.52. The van der Waals surface area contributed by atoms with Crippen LogP contribution in [0.4, 0.5) is 5.69 Å². The molecule has 6 heteroatoms. The third-order valence-electron chi connectivity index (χ3n) is 3.80. The molecule has 0 heterocycles. The Balaban J connectivity index is 1.70. The molecule has 0 unspecified atom stereocenters. The van der Waals surface area contributed by atoms with Crippen LogP contribution in [0, 0.1) is 0 Å². The lowest BCUT2D eigenvalue weighted by atomic mass is 10.2. The predicted molar refractivity (Wildman–Crippen MR) is 117 cm³/mol. The number of aliphatic imine (C=N–C) groups is 1. The van der Waals surface area contributed by atoms with E-state index in [1.807, 2.05) is 55.5 Å². The minimum atomic E-state index is 0.319. The van der Waals surface area contributed by atoms with Crippen molar-refractivity contribution in [1.29, 1.82) is 0 Å². The summed E-state index contributed by atoms with van der Waals surface area (Å²) in [7, 11) is 0. The van der Waals surface area contributed by atoms with Crippen LogP contribution >= 0.6 is 34.8 Å². The fourth-order valence-corrected chi connectivity index (χ4v) is 3.34. The summed E-state index contributed by atoms with van der Waals surface area (Å²) in [5.41, 5.74) is 2.51. The van der Waals surface area contributed by atoms with Gasteiger partial charge in [0, 0.05) is 11.2 Å². The highest BCUT2D eigenvalue weighted by molar-refractivity contribution is 6.37. The van der Waals surface area contributed by atoms with E-state index in [-0.39, 0.29) is 0 Å². The topological polar surface area (TPSA) is 30.8 Å². The lowest BCUT2D eigenvalue weighted by Gasteiger charge is -2.11. The Morgan fingerprint density at radius 3 is 2.25 bits per heavy atom. The second-order valence-electron chi connectivity index (χ2n) is 5.92. The van der Waals surface area contributed by atoms with E-state index in [2.05, 4.69) is 4.99 Å². The van der Waals surface area contributed by atoms with Crippen LogP contribution in [0.2, 0.25) is 15.1 Å².